The number of rotatable bonds is 7. The molecule has 0 saturated heterocycles. The highest BCUT2D eigenvalue weighted by atomic mass is 19.4. The van der Waals surface area contributed by atoms with Gasteiger partial charge in [-0.1, -0.05) is 0 Å². The molecule has 0 aliphatic carbocycles. The molecule has 102 valence electrons. The second-order valence-electron chi connectivity index (χ2n) is 4.51. The van der Waals surface area contributed by atoms with E-state index < -0.39 is 12.6 Å². The van der Waals surface area contributed by atoms with E-state index in [9.17, 15) is 18.0 Å². The third kappa shape index (κ3) is 11.5. The van der Waals surface area contributed by atoms with Crippen LogP contribution in [0.2, 0.25) is 0 Å². The molecular formula is C11H21F3N2O. The van der Waals surface area contributed by atoms with Crippen molar-refractivity contribution in [2.75, 3.05) is 6.54 Å². The highest BCUT2D eigenvalue weighted by Gasteiger charge is 2.26. The van der Waals surface area contributed by atoms with Crippen molar-refractivity contribution in [3.05, 3.63) is 0 Å². The van der Waals surface area contributed by atoms with Gasteiger partial charge < -0.3 is 10.6 Å². The van der Waals surface area contributed by atoms with Crippen LogP contribution in [0.4, 0.5) is 13.2 Å². The van der Waals surface area contributed by atoms with Crippen LogP contribution in [0.1, 0.15) is 40.0 Å². The van der Waals surface area contributed by atoms with Crippen LogP contribution in [0.3, 0.4) is 0 Å². The van der Waals surface area contributed by atoms with E-state index in [1.165, 1.54) is 0 Å². The summed E-state index contributed by atoms with van der Waals surface area (Å²) in [6.07, 6.45) is -4.36. The van der Waals surface area contributed by atoms with E-state index in [1.54, 1.807) is 6.92 Å². The van der Waals surface area contributed by atoms with Crippen molar-refractivity contribution in [3.8, 4) is 0 Å². The molecule has 1 atom stereocenters. The van der Waals surface area contributed by atoms with E-state index in [4.69, 9.17) is 0 Å². The number of hydrogen-bond donors (Lipinski definition) is 2. The van der Waals surface area contributed by atoms with Crippen LogP contribution >= 0.6 is 0 Å². The van der Waals surface area contributed by atoms with Crippen LogP contribution in [0.25, 0.3) is 0 Å². The fourth-order valence-corrected chi connectivity index (χ4v) is 1.35. The first-order valence-corrected chi connectivity index (χ1v) is 5.80. The van der Waals surface area contributed by atoms with Gasteiger partial charge in [0, 0.05) is 18.5 Å². The molecule has 0 bridgehead atoms. The van der Waals surface area contributed by atoms with Crippen LogP contribution in [-0.2, 0) is 4.79 Å². The van der Waals surface area contributed by atoms with Crippen LogP contribution < -0.4 is 10.6 Å². The summed E-state index contributed by atoms with van der Waals surface area (Å²) in [6, 6.07) is -0.0138. The smallest absolute Gasteiger partial charge is 0.353 e. The lowest BCUT2D eigenvalue weighted by molar-refractivity contribution is -0.136. The summed E-state index contributed by atoms with van der Waals surface area (Å²) in [4.78, 5) is 11.2. The Balaban J connectivity index is 3.59. The molecular weight excluding hydrogens is 233 g/mol. The molecule has 3 nitrogen and oxygen atoms in total. The highest BCUT2D eigenvalue weighted by Crippen LogP contribution is 2.22. The Morgan fingerprint density at radius 3 is 2.29 bits per heavy atom. The van der Waals surface area contributed by atoms with Gasteiger partial charge in [-0.25, -0.2) is 0 Å². The number of carbonyl (C=O) groups excluding carboxylic acids is 1. The molecule has 1 amide bonds. The van der Waals surface area contributed by atoms with Gasteiger partial charge in [-0.05, 0) is 33.6 Å². The number of amides is 1. The van der Waals surface area contributed by atoms with Crippen molar-refractivity contribution < 1.29 is 18.0 Å². The fourth-order valence-electron chi connectivity index (χ4n) is 1.35. The monoisotopic (exact) mass is 254 g/mol. The van der Waals surface area contributed by atoms with Crippen LogP contribution in [-0.4, -0.2) is 30.7 Å². The van der Waals surface area contributed by atoms with Gasteiger partial charge in [0.15, 0.2) is 0 Å². The zero-order chi connectivity index (χ0) is 13.5. The first kappa shape index (κ1) is 16.2. The van der Waals surface area contributed by atoms with E-state index in [2.05, 4.69) is 10.6 Å². The molecule has 0 spiro atoms. The Kier molecular flexibility index (Phi) is 7.18. The number of carbonyl (C=O) groups is 1. The first-order chi connectivity index (χ1) is 7.70. The first-order valence-electron chi connectivity index (χ1n) is 5.80. The Morgan fingerprint density at radius 1 is 1.24 bits per heavy atom. The summed E-state index contributed by atoms with van der Waals surface area (Å²) < 4.78 is 35.6. The molecule has 0 aromatic carbocycles. The third-order valence-corrected chi connectivity index (χ3v) is 2.16. The fraction of sp³-hybridized carbons (Fsp3) is 0.909. The molecule has 0 heterocycles. The van der Waals surface area contributed by atoms with Crippen molar-refractivity contribution in [3.63, 3.8) is 0 Å². The van der Waals surface area contributed by atoms with E-state index in [0.717, 1.165) is 0 Å². The van der Waals surface area contributed by atoms with E-state index in [-0.39, 0.29) is 31.0 Å². The van der Waals surface area contributed by atoms with Crippen LogP contribution in [0.15, 0.2) is 0 Å². The summed E-state index contributed by atoms with van der Waals surface area (Å²) in [5.41, 5.74) is 0. The molecule has 0 aromatic rings. The van der Waals surface area contributed by atoms with Gasteiger partial charge in [-0.2, -0.15) is 13.2 Å². The molecule has 6 heteroatoms. The standard InChI is InChI=1S/C11H21F3N2O/c1-8(2)16-10(17)7-15-9(3)5-4-6-11(12,13)14/h8-9,15H,4-7H2,1-3H3,(H,16,17). The molecule has 1 unspecified atom stereocenters. The third-order valence-electron chi connectivity index (χ3n) is 2.16. The maximum absolute atomic E-state index is 11.9. The van der Waals surface area contributed by atoms with Crippen molar-refractivity contribution >= 4 is 5.91 Å². The number of hydrogen-bond acceptors (Lipinski definition) is 2. The maximum Gasteiger partial charge on any atom is 0.389 e. The quantitative estimate of drug-likeness (QED) is 0.731. The normalized spacial score (nSPS) is 13.8. The van der Waals surface area contributed by atoms with Crippen LogP contribution in [0.5, 0.6) is 0 Å². The average molecular weight is 254 g/mol. The lowest BCUT2D eigenvalue weighted by Crippen LogP contribution is -2.40. The largest absolute Gasteiger partial charge is 0.389 e. The molecule has 0 aliphatic heterocycles. The summed E-state index contributed by atoms with van der Waals surface area (Å²) in [5, 5.41) is 5.59. The van der Waals surface area contributed by atoms with Gasteiger partial charge in [0.25, 0.3) is 0 Å². The Labute approximate surface area is 100 Å². The molecule has 0 aliphatic rings. The highest BCUT2D eigenvalue weighted by molar-refractivity contribution is 5.78. The van der Waals surface area contributed by atoms with Crippen molar-refractivity contribution in [2.24, 2.45) is 0 Å². The summed E-state index contributed by atoms with van der Waals surface area (Å²) >= 11 is 0. The minimum Gasteiger partial charge on any atom is -0.353 e. The SMILES string of the molecule is CC(C)NC(=O)CNC(C)CCCC(F)(F)F. The van der Waals surface area contributed by atoms with Crippen LogP contribution in [0, 0.1) is 0 Å². The topological polar surface area (TPSA) is 41.1 Å². The molecule has 0 radical (unpaired) electrons. The summed E-state index contributed by atoms with van der Waals surface area (Å²) in [5.74, 6) is -0.136. The molecule has 2 N–H and O–H groups in total. The number of alkyl halides is 3. The van der Waals surface area contributed by atoms with Crippen molar-refractivity contribution in [1.82, 2.24) is 10.6 Å². The Bertz CT molecular complexity index is 229. The number of nitrogens with one attached hydrogen (secondary N) is 2. The molecule has 0 fully saturated rings. The second kappa shape index (κ2) is 7.53. The van der Waals surface area contributed by atoms with E-state index >= 15 is 0 Å². The number of halogens is 3. The maximum atomic E-state index is 11.9. The van der Waals surface area contributed by atoms with Gasteiger partial charge >= 0.3 is 6.18 Å². The van der Waals surface area contributed by atoms with Gasteiger partial charge in [-0.3, -0.25) is 4.79 Å². The van der Waals surface area contributed by atoms with Crippen molar-refractivity contribution in [1.29, 1.82) is 0 Å². The van der Waals surface area contributed by atoms with Gasteiger partial charge in [-0.15, -0.1) is 0 Å². The second-order valence-corrected chi connectivity index (χ2v) is 4.51. The molecule has 0 saturated carbocycles. The van der Waals surface area contributed by atoms with Gasteiger partial charge in [0.05, 0.1) is 6.54 Å². The Hall–Kier alpha value is -0.780. The predicted octanol–water partition coefficient (Wildman–Crippen LogP) is 2.22. The zero-order valence-electron chi connectivity index (χ0n) is 10.5. The summed E-state index contributed by atoms with van der Waals surface area (Å²) in [6.45, 7) is 5.62. The van der Waals surface area contributed by atoms with E-state index in [0.29, 0.717) is 6.42 Å². The molecule has 17 heavy (non-hydrogen) atoms. The lowest BCUT2D eigenvalue weighted by atomic mass is 10.1. The Morgan fingerprint density at radius 2 is 1.82 bits per heavy atom. The van der Waals surface area contributed by atoms with Gasteiger partial charge in [0.2, 0.25) is 5.91 Å². The summed E-state index contributed by atoms with van der Waals surface area (Å²) in [7, 11) is 0. The molecule has 0 rings (SSSR count). The average Bonchev–Trinajstić information content (AvgIpc) is 2.11. The minimum absolute atomic E-state index is 0.0739. The minimum atomic E-state index is -4.09. The lowest BCUT2D eigenvalue weighted by Gasteiger charge is -2.15. The van der Waals surface area contributed by atoms with E-state index in [1.807, 2.05) is 13.8 Å². The van der Waals surface area contributed by atoms with Gasteiger partial charge in [0.1, 0.15) is 0 Å². The molecule has 0 aromatic heterocycles. The van der Waals surface area contributed by atoms with Crippen molar-refractivity contribution in [2.45, 2.75) is 58.3 Å². The predicted molar refractivity (Wildman–Crippen MR) is 60.6 cm³/mol. The zero-order valence-corrected chi connectivity index (χ0v) is 10.5.